The van der Waals surface area contributed by atoms with Crippen LogP contribution in [-0.4, -0.2) is 24.4 Å². The SMILES string of the molecule is COc1ccc(N2N=C(C)[C@@H](C(C)=NCc3ccco3)C2=O)cc1. The molecule has 0 saturated carbocycles. The van der Waals surface area contributed by atoms with Crippen molar-refractivity contribution in [2.24, 2.45) is 16.0 Å². The van der Waals surface area contributed by atoms with Gasteiger partial charge in [-0.15, -0.1) is 0 Å². The maximum atomic E-state index is 12.7. The number of rotatable bonds is 5. The molecule has 1 amide bonds. The van der Waals surface area contributed by atoms with Crippen LogP contribution in [0.4, 0.5) is 5.69 Å². The number of hydrogen-bond acceptors (Lipinski definition) is 5. The van der Waals surface area contributed by atoms with Gasteiger partial charge in [-0.05, 0) is 50.2 Å². The highest BCUT2D eigenvalue weighted by Crippen LogP contribution is 2.26. The minimum atomic E-state index is -0.429. The van der Waals surface area contributed by atoms with E-state index in [1.165, 1.54) is 5.01 Å². The Kier molecular flexibility index (Phi) is 4.46. The van der Waals surface area contributed by atoms with Crippen molar-refractivity contribution in [1.29, 1.82) is 0 Å². The summed E-state index contributed by atoms with van der Waals surface area (Å²) in [7, 11) is 1.60. The molecule has 0 fully saturated rings. The summed E-state index contributed by atoms with van der Waals surface area (Å²) in [6, 6.07) is 10.9. The molecule has 1 aliphatic heterocycles. The van der Waals surface area contributed by atoms with E-state index < -0.39 is 5.92 Å². The quantitative estimate of drug-likeness (QED) is 0.792. The molecule has 0 radical (unpaired) electrons. The maximum absolute atomic E-state index is 12.7. The first-order chi connectivity index (χ1) is 11.6. The molecule has 2 aromatic rings. The lowest BCUT2D eigenvalue weighted by Gasteiger charge is -2.14. The molecule has 3 rings (SSSR count). The number of hydrogen-bond donors (Lipinski definition) is 0. The van der Waals surface area contributed by atoms with Crippen LogP contribution < -0.4 is 9.75 Å². The first-order valence-corrected chi connectivity index (χ1v) is 7.66. The molecule has 0 N–H and O–H groups in total. The van der Waals surface area contributed by atoms with Crippen molar-refractivity contribution >= 4 is 23.0 Å². The highest BCUT2D eigenvalue weighted by atomic mass is 16.5. The Morgan fingerprint density at radius 3 is 2.71 bits per heavy atom. The summed E-state index contributed by atoms with van der Waals surface area (Å²) in [5.41, 5.74) is 2.17. The van der Waals surface area contributed by atoms with Gasteiger partial charge < -0.3 is 9.15 Å². The lowest BCUT2D eigenvalue weighted by atomic mass is 9.99. The van der Waals surface area contributed by atoms with Crippen LogP contribution in [0, 0.1) is 5.92 Å². The molecular weight excluding hydrogens is 306 g/mol. The molecule has 1 aliphatic rings. The maximum Gasteiger partial charge on any atom is 0.261 e. The Balaban J connectivity index is 1.77. The van der Waals surface area contributed by atoms with Crippen molar-refractivity contribution in [3.8, 4) is 5.75 Å². The number of anilines is 1. The molecule has 6 nitrogen and oxygen atoms in total. The third kappa shape index (κ3) is 3.08. The molecule has 0 unspecified atom stereocenters. The number of carbonyl (C=O) groups is 1. The van der Waals surface area contributed by atoms with Gasteiger partial charge in [-0.25, -0.2) is 0 Å². The second kappa shape index (κ2) is 6.70. The predicted molar refractivity (Wildman–Crippen MR) is 92.6 cm³/mol. The summed E-state index contributed by atoms with van der Waals surface area (Å²) in [4.78, 5) is 17.2. The van der Waals surface area contributed by atoms with E-state index in [1.807, 2.05) is 38.1 Å². The van der Waals surface area contributed by atoms with E-state index in [9.17, 15) is 4.79 Å². The van der Waals surface area contributed by atoms with Crippen LogP contribution in [0.2, 0.25) is 0 Å². The number of carbonyl (C=O) groups excluding carboxylic acids is 1. The van der Waals surface area contributed by atoms with Gasteiger partial charge >= 0.3 is 0 Å². The molecule has 24 heavy (non-hydrogen) atoms. The van der Waals surface area contributed by atoms with Crippen molar-refractivity contribution in [3.05, 3.63) is 48.4 Å². The van der Waals surface area contributed by atoms with E-state index in [4.69, 9.17) is 9.15 Å². The van der Waals surface area contributed by atoms with Gasteiger partial charge in [-0.2, -0.15) is 10.1 Å². The summed E-state index contributed by atoms with van der Waals surface area (Å²) < 4.78 is 10.4. The Hall–Kier alpha value is -2.89. The summed E-state index contributed by atoms with van der Waals surface area (Å²) >= 11 is 0. The van der Waals surface area contributed by atoms with Crippen molar-refractivity contribution in [2.75, 3.05) is 12.1 Å². The lowest BCUT2D eigenvalue weighted by molar-refractivity contribution is -0.118. The standard InChI is InChI=1S/C18H19N3O3/c1-12(19-11-16-5-4-10-24-16)17-13(2)20-21(18(17)22)14-6-8-15(23-3)9-7-14/h4-10,17H,11H2,1-3H3/t17-/m1/s1. The fourth-order valence-corrected chi connectivity index (χ4v) is 2.65. The lowest BCUT2D eigenvalue weighted by Crippen LogP contribution is -2.31. The van der Waals surface area contributed by atoms with Gasteiger partial charge in [0, 0.05) is 5.71 Å². The molecule has 124 valence electrons. The van der Waals surface area contributed by atoms with E-state index in [0.29, 0.717) is 12.2 Å². The number of amides is 1. The minimum Gasteiger partial charge on any atom is -0.497 e. The Labute approximate surface area is 140 Å². The first-order valence-electron chi connectivity index (χ1n) is 7.66. The smallest absolute Gasteiger partial charge is 0.261 e. The van der Waals surface area contributed by atoms with E-state index in [0.717, 1.165) is 22.9 Å². The van der Waals surface area contributed by atoms with Gasteiger partial charge in [0.15, 0.2) is 0 Å². The van der Waals surface area contributed by atoms with E-state index in [-0.39, 0.29) is 5.91 Å². The van der Waals surface area contributed by atoms with E-state index >= 15 is 0 Å². The highest BCUT2D eigenvalue weighted by molar-refractivity contribution is 6.27. The summed E-state index contributed by atoms with van der Waals surface area (Å²) in [6.45, 7) is 4.11. The number of benzene rings is 1. The van der Waals surface area contributed by atoms with Crippen LogP contribution in [0.5, 0.6) is 5.75 Å². The zero-order valence-corrected chi connectivity index (χ0v) is 13.9. The van der Waals surface area contributed by atoms with Crippen LogP contribution in [0.25, 0.3) is 0 Å². The van der Waals surface area contributed by atoms with Gasteiger partial charge in [0.2, 0.25) is 0 Å². The molecule has 6 heteroatoms. The third-order valence-electron chi connectivity index (χ3n) is 3.93. The van der Waals surface area contributed by atoms with Gasteiger partial charge in [-0.3, -0.25) is 9.79 Å². The highest BCUT2D eigenvalue weighted by Gasteiger charge is 2.36. The topological polar surface area (TPSA) is 67.4 Å². The molecule has 0 spiro atoms. The molecular formula is C18H19N3O3. The Morgan fingerprint density at radius 1 is 1.33 bits per heavy atom. The number of furan rings is 1. The second-order valence-electron chi connectivity index (χ2n) is 5.56. The number of nitrogens with zero attached hydrogens (tertiary/aromatic N) is 3. The fraction of sp³-hybridized carbons (Fsp3) is 0.278. The number of hydrazone groups is 1. The van der Waals surface area contributed by atoms with Crippen LogP contribution in [-0.2, 0) is 11.3 Å². The van der Waals surface area contributed by atoms with Crippen molar-refractivity contribution < 1.29 is 13.9 Å². The Morgan fingerprint density at radius 2 is 2.08 bits per heavy atom. The van der Waals surface area contributed by atoms with Gasteiger partial charge in [0.1, 0.15) is 17.4 Å². The molecule has 0 saturated heterocycles. The van der Waals surface area contributed by atoms with Crippen LogP contribution in [0.1, 0.15) is 19.6 Å². The summed E-state index contributed by atoms with van der Waals surface area (Å²) in [5, 5.41) is 5.82. The average molecular weight is 325 g/mol. The third-order valence-corrected chi connectivity index (χ3v) is 3.93. The molecule has 1 aromatic carbocycles. The average Bonchev–Trinajstić information content (AvgIpc) is 3.21. The number of ether oxygens (including phenoxy) is 1. The molecule has 0 aliphatic carbocycles. The minimum absolute atomic E-state index is 0.0987. The monoisotopic (exact) mass is 325 g/mol. The van der Waals surface area contributed by atoms with Crippen LogP contribution in [0.15, 0.2) is 57.2 Å². The van der Waals surface area contributed by atoms with Crippen molar-refractivity contribution in [3.63, 3.8) is 0 Å². The largest absolute Gasteiger partial charge is 0.497 e. The fourth-order valence-electron chi connectivity index (χ4n) is 2.65. The van der Waals surface area contributed by atoms with Crippen LogP contribution in [0.3, 0.4) is 0 Å². The van der Waals surface area contributed by atoms with Crippen LogP contribution >= 0.6 is 0 Å². The van der Waals surface area contributed by atoms with E-state index in [2.05, 4.69) is 10.1 Å². The zero-order valence-electron chi connectivity index (χ0n) is 13.9. The zero-order chi connectivity index (χ0) is 17.1. The number of methoxy groups -OCH3 is 1. The van der Waals surface area contributed by atoms with E-state index in [1.54, 1.807) is 25.5 Å². The summed E-state index contributed by atoms with van der Waals surface area (Å²) in [5.74, 6) is 0.973. The Bertz CT molecular complexity index is 776. The normalized spacial score (nSPS) is 18.0. The van der Waals surface area contributed by atoms with Crippen molar-refractivity contribution in [2.45, 2.75) is 20.4 Å². The predicted octanol–water partition coefficient (Wildman–Crippen LogP) is 3.29. The summed E-state index contributed by atoms with van der Waals surface area (Å²) in [6.07, 6.45) is 1.61. The van der Waals surface area contributed by atoms with Gasteiger partial charge in [-0.1, -0.05) is 0 Å². The molecule has 0 bridgehead atoms. The first kappa shape index (κ1) is 16.0. The second-order valence-corrected chi connectivity index (χ2v) is 5.56. The van der Waals surface area contributed by atoms with Gasteiger partial charge in [0.25, 0.3) is 5.91 Å². The van der Waals surface area contributed by atoms with Gasteiger partial charge in [0.05, 0.1) is 31.3 Å². The molecule has 2 heterocycles. The molecule has 1 atom stereocenters. The molecule has 1 aromatic heterocycles. The van der Waals surface area contributed by atoms with Crippen molar-refractivity contribution in [1.82, 2.24) is 0 Å². The number of aliphatic imine (C=N–C) groups is 1.